The van der Waals surface area contributed by atoms with Crippen molar-refractivity contribution in [1.29, 1.82) is 0 Å². The smallest absolute Gasteiger partial charge is 0.156 e. The van der Waals surface area contributed by atoms with Crippen molar-refractivity contribution in [3.63, 3.8) is 0 Å². The van der Waals surface area contributed by atoms with Gasteiger partial charge < -0.3 is 20.3 Å². The number of anilines is 2. The van der Waals surface area contributed by atoms with Gasteiger partial charge in [0.05, 0.1) is 12.3 Å². The second-order valence-corrected chi connectivity index (χ2v) is 6.17. The van der Waals surface area contributed by atoms with E-state index in [9.17, 15) is 9.50 Å². The molecule has 0 aliphatic heterocycles. The Morgan fingerprint density at radius 3 is 2.88 bits per heavy atom. The maximum absolute atomic E-state index is 13.4. The molecule has 3 aromatic rings. The van der Waals surface area contributed by atoms with Crippen LogP contribution in [0.4, 0.5) is 15.9 Å². The molecule has 0 radical (unpaired) electrons. The molecule has 1 unspecified atom stereocenters. The van der Waals surface area contributed by atoms with Crippen LogP contribution in [0.2, 0.25) is 0 Å². The fourth-order valence-electron chi connectivity index (χ4n) is 3.10. The number of ether oxygens (including phenoxy) is 1. The highest BCUT2D eigenvalue weighted by atomic mass is 19.1. The summed E-state index contributed by atoms with van der Waals surface area (Å²) in [6.07, 6.45) is -0.318. The number of H-pyrrole nitrogens is 1. The number of aromatic nitrogens is 2. The summed E-state index contributed by atoms with van der Waals surface area (Å²) in [5.41, 5.74) is 4.47. The van der Waals surface area contributed by atoms with E-state index >= 15 is 0 Å². The normalized spacial score (nSPS) is 13.2. The maximum atomic E-state index is 13.4. The number of aliphatic hydroxyl groups is 2. The van der Waals surface area contributed by atoms with E-state index in [1.807, 2.05) is 18.2 Å². The van der Waals surface area contributed by atoms with Gasteiger partial charge in [0.15, 0.2) is 5.82 Å². The SMILES string of the molecule is OCC(O)COc1cccc2c1Cc1c(Nc3cccc(F)c3)n[nH]c1-2. The average molecular weight is 355 g/mol. The van der Waals surface area contributed by atoms with Gasteiger partial charge in [-0.15, -0.1) is 0 Å². The third-order valence-electron chi connectivity index (χ3n) is 4.35. The zero-order valence-electron chi connectivity index (χ0n) is 13.9. The van der Waals surface area contributed by atoms with Crippen LogP contribution in [-0.4, -0.2) is 39.7 Å². The van der Waals surface area contributed by atoms with Crippen molar-refractivity contribution in [3.8, 4) is 17.0 Å². The van der Waals surface area contributed by atoms with Gasteiger partial charge in [-0.3, -0.25) is 5.10 Å². The molecule has 7 heteroatoms. The van der Waals surface area contributed by atoms with Gasteiger partial charge in [-0.2, -0.15) is 5.10 Å². The van der Waals surface area contributed by atoms with E-state index in [0.29, 0.717) is 23.7 Å². The second-order valence-electron chi connectivity index (χ2n) is 6.17. The first kappa shape index (κ1) is 16.6. The minimum absolute atomic E-state index is 0.0214. The molecule has 1 aliphatic carbocycles. The summed E-state index contributed by atoms with van der Waals surface area (Å²) >= 11 is 0. The highest BCUT2D eigenvalue weighted by Crippen LogP contribution is 2.43. The van der Waals surface area contributed by atoms with Crippen molar-refractivity contribution in [2.45, 2.75) is 12.5 Å². The maximum Gasteiger partial charge on any atom is 0.156 e. The number of nitrogens with one attached hydrogen (secondary N) is 2. The molecule has 1 heterocycles. The highest BCUT2D eigenvalue weighted by Gasteiger charge is 2.27. The van der Waals surface area contributed by atoms with Gasteiger partial charge in [0.2, 0.25) is 0 Å². The monoisotopic (exact) mass is 355 g/mol. The summed E-state index contributed by atoms with van der Waals surface area (Å²) < 4.78 is 19.1. The van der Waals surface area contributed by atoms with Crippen molar-refractivity contribution in [1.82, 2.24) is 10.2 Å². The molecule has 0 bridgehead atoms. The number of aromatic amines is 1. The molecule has 1 aromatic heterocycles. The standard InChI is InChI=1S/C19H18FN3O3/c20-11-3-1-4-12(7-11)21-19-16-8-15-14(18(16)22-23-19)5-2-6-17(15)26-10-13(25)9-24/h1-7,13,24-25H,8-10H2,(H2,21,22,23). The summed E-state index contributed by atoms with van der Waals surface area (Å²) in [6.45, 7) is -0.326. The molecule has 0 saturated carbocycles. The molecule has 0 amide bonds. The number of hydrogen-bond donors (Lipinski definition) is 4. The third-order valence-corrected chi connectivity index (χ3v) is 4.35. The zero-order chi connectivity index (χ0) is 18.1. The second kappa shape index (κ2) is 6.78. The molecule has 4 rings (SSSR count). The lowest BCUT2D eigenvalue weighted by molar-refractivity contribution is 0.0534. The van der Waals surface area contributed by atoms with Crippen LogP contribution in [0.5, 0.6) is 5.75 Å². The lowest BCUT2D eigenvalue weighted by atomic mass is 10.1. The van der Waals surface area contributed by atoms with Crippen LogP contribution in [0.15, 0.2) is 42.5 Å². The van der Waals surface area contributed by atoms with Crippen molar-refractivity contribution < 1.29 is 19.3 Å². The predicted molar refractivity (Wildman–Crippen MR) is 95.1 cm³/mol. The first-order valence-electron chi connectivity index (χ1n) is 8.29. The van der Waals surface area contributed by atoms with Gasteiger partial charge in [-0.1, -0.05) is 18.2 Å². The van der Waals surface area contributed by atoms with Gasteiger partial charge in [-0.25, -0.2) is 4.39 Å². The Bertz CT molecular complexity index is 942. The van der Waals surface area contributed by atoms with Gasteiger partial charge in [0.1, 0.15) is 24.3 Å². The molecule has 26 heavy (non-hydrogen) atoms. The number of aliphatic hydroxyl groups excluding tert-OH is 2. The van der Waals surface area contributed by atoms with Gasteiger partial charge in [-0.05, 0) is 24.3 Å². The predicted octanol–water partition coefficient (Wildman–Crippen LogP) is 2.60. The van der Waals surface area contributed by atoms with E-state index in [0.717, 1.165) is 22.4 Å². The lowest BCUT2D eigenvalue weighted by Gasteiger charge is -2.13. The van der Waals surface area contributed by atoms with E-state index < -0.39 is 6.10 Å². The van der Waals surface area contributed by atoms with Crippen molar-refractivity contribution >= 4 is 11.5 Å². The molecule has 134 valence electrons. The Morgan fingerprint density at radius 2 is 2.08 bits per heavy atom. The summed E-state index contributed by atoms with van der Waals surface area (Å²) in [4.78, 5) is 0. The van der Waals surface area contributed by atoms with Crippen LogP contribution in [0.1, 0.15) is 11.1 Å². The number of benzene rings is 2. The summed E-state index contributed by atoms with van der Waals surface area (Å²) in [7, 11) is 0. The molecular formula is C19H18FN3O3. The summed E-state index contributed by atoms with van der Waals surface area (Å²) in [5.74, 6) is 0.989. The number of rotatable bonds is 6. The quantitative estimate of drug-likeness (QED) is 0.427. The Hall–Kier alpha value is -2.90. The number of hydrogen-bond acceptors (Lipinski definition) is 5. The molecule has 4 N–H and O–H groups in total. The molecule has 1 atom stereocenters. The van der Waals surface area contributed by atoms with Crippen molar-refractivity contribution in [2.75, 3.05) is 18.5 Å². The van der Waals surface area contributed by atoms with E-state index in [-0.39, 0.29) is 19.0 Å². The largest absolute Gasteiger partial charge is 0.490 e. The van der Waals surface area contributed by atoms with E-state index in [2.05, 4.69) is 15.5 Å². The fraction of sp³-hybridized carbons (Fsp3) is 0.211. The van der Waals surface area contributed by atoms with Gasteiger partial charge in [0, 0.05) is 28.8 Å². The average Bonchev–Trinajstić information content (AvgIpc) is 3.20. The number of fused-ring (bicyclic) bond motifs is 3. The Kier molecular flexibility index (Phi) is 4.32. The van der Waals surface area contributed by atoms with Gasteiger partial charge >= 0.3 is 0 Å². The van der Waals surface area contributed by atoms with Crippen molar-refractivity contribution in [2.24, 2.45) is 0 Å². The van der Waals surface area contributed by atoms with Crippen LogP contribution >= 0.6 is 0 Å². The molecule has 1 aliphatic rings. The molecule has 0 fully saturated rings. The van der Waals surface area contributed by atoms with E-state index in [1.54, 1.807) is 12.1 Å². The van der Waals surface area contributed by atoms with Crippen LogP contribution in [0, 0.1) is 5.82 Å². The first-order chi connectivity index (χ1) is 12.7. The summed E-state index contributed by atoms with van der Waals surface area (Å²) in [5, 5.41) is 28.9. The van der Waals surface area contributed by atoms with Crippen LogP contribution < -0.4 is 10.1 Å². The Labute approximate surface area is 149 Å². The molecule has 2 aromatic carbocycles. The van der Waals surface area contributed by atoms with Gasteiger partial charge in [0.25, 0.3) is 0 Å². The molecule has 6 nitrogen and oxygen atoms in total. The molecular weight excluding hydrogens is 337 g/mol. The number of halogens is 1. The minimum atomic E-state index is -0.919. The Balaban J connectivity index is 1.60. The van der Waals surface area contributed by atoms with Crippen LogP contribution in [-0.2, 0) is 6.42 Å². The van der Waals surface area contributed by atoms with Crippen LogP contribution in [0.25, 0.3) is 11.3 Å². The number of nitrogens with zero attached hydrogens (tertiary/aromatic N) is 1. The van der Waals surface area contributed by atoms with E-state index in [1.165, 1.54) is 12.1 Å². The topological polar surface area (TPSA) is 90.4 Å². The third kappa shape index (κ3) is 3.02. The summed E-state index contributed by atoms with van der Waals surface area (Å²) in [6, 6.07) is 11.9. The molecule has 0 saturated heterocycles. The highest BCUT2D eigenvalue weighted by molar-refractivity contribution is 5.81. The minimum Gasteiger partial charge on any atom is -0.490 e. The Morgan fingerprint density at radius 1 is 1.23 bits per heavy atom. The van der Waals surface area contributed by atoms with Crippen molar-refractivity contribution in [3.05, 3.63) is 59.4 Å². The molecule has 0 spiro atoms. The fourth-order valence-corrected chi connectivity index (χ4v) is 3.10. The first-order valence-corrected chi connectivity index (χ1v) is 8.29. The van der Waals surface area contributed by atoms with E-state index in [4.69, 9.17) is 9.84 Å². The lowest BCUT2D eigenvalue weighted by Crippen LogP contribution is -2.21. The van der Waals surface area contributed by atoms with Crippen LogP contribution in [0.3, 0.4) is 0 Å². The zero-order valence-corrected chi connectivity index (χ0v) is 13.9.